The highest BCUT2D eigenvalue weighted by Gasteiger charge is 2.13. The standard InChI is InChI=1S/C10H11BrClN3O2S/c1-18(16,17)3-2-15-9(5-12)14-8-4-7(11)6-13-10(8)15/h4,6H,2-3,5H2,1H3. The van der Waals surface area contributed by atoms with Crippen LogP contribution >= 0.6 is 27.5 Å². The number of halogens is 2. The van der Waals surface area contributed by atoms with Crippen molar-refractivity contribution in [1.29, 1.82) is 0 Å². The Morgan fingerprint density at radius 3 is 2.83 bits per heavy atom. The van der Waals surface area contributed by atoms with Gasteiger partial charge in [-0.1, -0.05) is 0 Å². The van der Waals surface area contributed by atoms with Gasteiger partial charge in [0.2, 0.25) is 0 Å². The monoisotopic (exact) mass is 351 g/mol. The van der Waals surface area contributed by atoms with Crippen molar-refractivity contribution < 1.29 is 8.42 Å². The molecule has 0 amide bonds. The Bertz CT molecular complexity index is 684. The third-order valence-corrected chi connectivity index (χ3v) is 4.03. The molecule has 5 nitrogen and oxygen atoms in total. The van der Waals surface area contributed by atoms with Crippen LogP contribution < -0.4 is 0 Å². The van der Waals surface area contributed by atoms with Gasteiger partial charge in [-0.3, -0.25) is 0 Å². The molecular formula is C10H11BrClN3O2S. The molecule has 0 aliphatic rings. The second-order valence-corrected chi connectivity index (χ2v) is 7.38. The first kappa shape index (κ1) is 13.8. The summed E-state index contributed by atoms with van der Waals surface area (Å²) in [4.78, 5) is 8.59. The third kappa shape index (κ3) is 3.02. The van der Waals surface area contributed by atoms with E-state index in [2.05, 4.69) is 25.9 Å². The average molecular weight is 353 g/mol. The van der Waals surface area contributed by atoms with E-state index in [4.69, 9.17) is 11.6 Å². The van der Waals surface area contributed by atoms with Crippen molar-refractivity contribution in [3.63, 3.8) is 0 Å². The summed E-state index contributed by atoms with van der Waals surface area (Å²) in [6.07, 6.45) is 2.86. The van der Waals surface area contributed by atoms with E-state index in [1.54, 1.807) is 10.8 Å². The SMILES string of the molecule is CS(=O)(=O)CCn1c(CCl)nc2cc(Br)cnc21. The summed E-state index contributed by atoms with van der Waals surface area (Å²) in [6.45, 7) is 0.312. The zero-order valence-corrected chi connectivity index (χ0v) is 12.8. The zero-order valence-electron chi connectivity index (χ0n) is 9.60. The summed E-state index contributed by atoms with van der Waals surface area (Å²) in [5.41, 5.74) is 1.35. The lowest BCUT2D eigenvalue weighted by atomic mass is 10.4. The summed E-state index contributed by atoms with van der Waals surface area (Å²) in [5, 5.41) is 0. The number of pyridine rings is 1. The molecule has 0 saturated heterocycles. The molecule has 0 aliphatic carbocycles. The maximum atomic E-state index is 11.2. The maximum absolute atomic E-state index is 11.2. The Morgan fingerprint density at radius 2 is 2.22 bits per heavy atom. The smallest absolute Gasteiger partial charge is 0.160 e. The van der Waals surface area contributed by atoms with Gasteiger partial charge in [0.25, 0.3) is 0 Å². The number of aryl methyl sites for hydroxylation is 1. The van der Waals surface area contributed by atoms with Gasteiger partial charge in [-0.25, -0.2) is 18.4 Å². The Labute approximate surface area is 118 Å². The second-order valence-electron chi connectivity index (χ2n) is 3.94. The van der Waals surface area contributed by atoms with E-state index in [0.717, 1.165) is 4.47 Å². The minimum Gasteiger partial charge on any atom is -0.311 e. The highest BCUT2D eigenvalue weighted by atomic mass is 79.9. The van der Waals surface area contributed by atoms with E-state index < -0.39 is 9.84 Å². The van der Waals surface area contributed by atoms with Crippen LogP contribution in [0, 0.1) is 0 Å². The highest BCUT2D eigenvalue weighted by molar-refractivity contribution is 9.10. The Balaban J connectivity index is 2.47. The van der Waals surface area contributed by atoms with Crippen molar-refractivity contribution in [1.82, 2.24) is 14.5 Å². The predicted molar refractivity (Wildman–Crippen MR) is 74.5 cm³/mol. The number of sulfone groups is 1. The van der Waals surface area contributed by atoms with Gasteiger partial charge in [0, 0.05) is 23.5 Å². The molecule has 18 heavy (non-hydrogen) atoms. The molecule has 2 heterocycles. The van der Waals surface area contributed by atoms with Crippen molar-refractivity contribution in [2.24, 2.45) is 0 Å². The van der Waals surface area contributed by atoms with Gasteiger partial charge in [-0.15, -0.1) is 11.6 Å². The quantitative estimate of drug-likeness (QED) is 0.789. The molecule has 2 aromatic rings. The maximum Gasteiger partial charge on any atom is 0.160 e. The van der Waals surface area contributed by atoms with Gasteiger partial charge in [0.15, 0.2) is 5.65 Å². The minimum absolute atomic E-state index is 0.0418. The number of hydrogen-bond donors (Lipinski definition) is 0. The topological polar surface area (TPSA) is 64.8 Å². The molecule has 0 aromatic carbocycles. The number of aromatic nitrogens is 3. The van der Waals surface area contributed by atoms with Crippen molar-refractivity contribution in [3.8, 4) is 0 Å². The van der Waals surface area contributed by atoms with Crippen molar-refractivity contribution in [3.05, 3.63) is 22.6 Å². The number of imidazole rings is 1. The van der Waals surface area contributed by atoms with Gasteiger partial charge < -0.3 is 4.57 Å². The fourth-order valence-electron chi connectivity index (χ4n) is 1.63. The number of rotatable bonds is 4. The van der Waals surface area contributed by atoms with Crippen LogP contribution in [-0.4, -0.2) is 35.0 Å². The number of nitrogens with zero attached hydrogens (tertiary/aromatic N) is 3. The summed E-state index contributed by atoms with van der Waals surface area (Å²) in [6, 6.07) is 1.83. The van der Waals surface area contributed by atoms with E-state index in [1.807, 2.05) is 6.07 Å². The van der Waals surface area contributed by atoms with Crippen molar-refractivity contribution in [2.45, 2.75) is 12.4 Å². The first-order valence-corrected chi connectivity index (χ1v) is 8.54. The highest BCUT2D eigenvalue weighted by Crippen LogP contribution is 2.19. The summed E-state index contributed by atoms with van der Waals surface area (Å²) in [7, 11) is -3.03. The van der Waals surface area contributed by atoms with Gasteiger partial charge in [-0.05, 0) is 22.0 Å². The lowest BCUT2D eigenvalue weighted by molar-refractivity contribution is 0.594. The van der Waals surface area contributed by atoms with Crippen LogP contribution in [0.25, 0.3) is 11.2 Å². The molecule has 8 heteroatoms. The molecule has 98 valence electrons. The number of fused-ring (bicyclic) bond motifs is 1. The zero-order chi connectivity index (χ0) is 13.3. The van der Waals surface area contributed by atoms with Crippen LogP contribution in [0.15, 0.2) is 16.7 Å². The average Bonchev–Trinajstić information content (AvgIpc) is 2.62. The van der Waals surface area contributed by atoms with Crippen molar-refractivity contribution in [2.75, 3.05) is 12.0 Å². The largest absolute Gasteiger partial charge is 0.311 e. The van der Waals surface area contributed by atoms with E-state index in [1.165, 1.54) is 6.26 Å². The molecule has 0 saturated carbocycles. The number of hydrogen-bond acceptors (Lipinski definition) is 4. The fourth-order valence-corrected chi connectivity index (χ4v) is 2.66. The van der Waals surface area contributed by atoms with Crippen LogP contribution in [0.1, 0.15) is 5.82 Å². The molecule has 0 atom stereocenters. The molecule has 0 radical (unpaired) electrons. The molecule has 0 bridgehead atoms. The van der Waals surface area contributed by atoms with Crippen LogP contribution in [0.2, 0.25) is 0 Å². The first-order chi connectivity index (χ1) is 8.40. The summed E-state index contributed by atoms with van der Waals surface area (Å²) < 4.78 is 25.0. The Morgan fingerprint density at radius 1 is 1.50 bits per heavy atom. The van der Waals surface area contributed by atoms with E-state index in [0.29, 0.717) is 23.5 Å². The second kappa shape index (κ2) is 5.14. The van der Waals surface area contributed by atoms with Gasteiger partial charge in [0.1, 0.15) is 21.2 Å². The summed E-state index contributed by atoms with van der Waals surface area (Å²) in [5.74, 6) is 0.888. The van der Waals surface area contributed by atoms with E-state index >= 15 is 0 Å². The molecule has 0 unspecified atom stereocenters. The van der Waals surface area contributed by atoms with E-state index in [-0.39, 0.29) is 11.6 Å². The molecule has 0 fully saturated rings. The van der Waals surface area contributed by atoms with E-state index in [9.17, 15) is 8.42 Å². The van der Waals surface area contributed by atoms with Crippen molar-refractivity contribution >= 4 is 48.5 Å². The van der Waals surface area contributed by atoms with Gasteiger partial charge >= 0.3 is 0 Å². The minimum atomic E-state index is -3.03. The lowest BCUT2D eigenvalue weighted by Gasteiger charge is -2.05. The molecule has 2 aromatic heterocycles. The fraction of sp³-hybridized carbons (Fsp3) is 0.400. The lowest BCUT2D eigenvalue weighted by Crippen LogP contribution is -2.13. The predicted octanol–water partition coefficient (Wildman–Crippen LogP) is 1.98. The third-order valence-electron chi connectivity index (χ3n) is 2.44. The first-order valence-electron chi connectivity index (χ1n) is 5.15. The van der Waals surface area contributed by atoms with Gasteiger partial charge in [-0.2, -0.15) is 0 Å². The molecule has 0 spiro atoms. The molecule has 2 rings (SSSR count). The Kier molecular flexibility index (Phi) is 3.93. The van der Waals surface area contributed by atoms with Crippen LogP contribution in [0.4, 0.5) is 0 Å². The van der Waals surface area contributed by atoms with Crippen LogP contribution in [0.3, 0.4) is 0 Å². The Hall–Kier alpha value is -0.660. The number of alkyl halides is 1. The molecule has 0 N–H and O–H groups in total. The van der Waals surface area contributed by atoms with Gasteiger partial charge in [0.05, 0.1) is 11.6 Å². The molecule has 0 aliphatic heterocycles. The molecular weight excluding hydrogens is 342 g/mol. The van der Waals surface area contributed by atoms with Crippen LogP contribution in [0.5, 0.6) is 0 Å². The van der Waals surface area contributed by atoms with Crippen LogP contribution in [-0.2, 0) is 22.3 Å². The summed E-state index contributed by atoms with van der Waals surface area (Å²) >= 11 is 9.14. The normalized spacial score (nSPS) is 12.2.